The highest BCUT2D eigenvalue weighted by molar-refractivity contribution is 7.89. The van der Waals surface area contributed by atoms with Crippen LogP contribution in [0.2, 0.25) is 0 Å². The lowest BCUT2D eigenvalue weighted by atomic mass is 9.95. The molecule has 1 fully saturated rings. The average Bonchev–Trinajstić information content (AvgIpc) is 2.69. The lowest BCUT2D eigenvalue weighted by molar-refractivity contribution is -0.123. The third kappa shape index (κ3) is 5.62. The van der Waals surface area contributed by atoms with Gasteiger partial charge in [-0.1, -0.05) is 49.6 Å². The van der Waals surface area contributed by atoms with Crippen LogP contribution < -0.4 is 10.0 Å². The highest BCUT2D eigenvalue weighted by Gasteiger charge is 2.28. The van der Waals surface area contributed by atoms with Crippen LogP contribution in [0.4, 0.5) is 4.39 Å². The first-order chi connectivity index (χ1) is 13.4. The Morgan fingerprint density at radius 3 is 2.29 bits per heavy atom. The normalized spacial score (nSPS) is 16.5. The Morgan fingerprint density at radius 2 is 1.64 bits per heavy atom. The van der Waals surface area contributed by atoms with Crippen molar-refractivity contribution in [3.8, 4) is 0 Å². The quantitative estimate of drug-likeness (QED) is 0.744. The molecule has 3 rings (SSSR count). The maximum Gasteiger partial charge on any atom is 0.241 e. The lowest BCUT2D eigenvalue weighted by Gasteiger charge is -2.26. The summed E-state index contributed by atoms with van der Waals surface area (Å²) in [5, 5.41) is 3.00. The topological polar surface area (TPSA) is 75.3 Å². The molecule has 0 heterocycles. The summed E-state index contributed by atoms with van der Waals surface area (Å²) >= 11 is 0. The van der Waals surface area contributed by atoms with E-state index >= 15 is 0 Å². The highest BCUT2D eigenvalue weighted by atomic mass is 32.2. The van der Waals surface area contributed by atoms with Crippen LogP contribution in [0.1, 0.15) is 37.7 Å². The van der Waals surface area contributed by atoms with Gasteiger partial charge in [0.1, 0.15) is 11.9 Å². The zero-order valence-electron chi connectivity index (χ0n) is 15.6. The van der Waals surface area contributed by atoms with Gasteiger partial charge >= 0.3 is 0 Å². The highest BCUT2D eigenvalue weighted by Crippen LogP contribution is 2.18. The monoisotopic (exact) mass is 404 g/mol. The number of carbonyl (C=O) groups excluding carboxylic acids is 1. The number of hydrogen-bond donors (Lipinski definition) is 2. The SMILES string of the molecule is O=C(NC1CCCCC1)C(Cc1ccccc1)NS(=O)(=O)c1ccc(F)cc1. The number of sulfonamides is 1. The Balaban J connectivity index is 1.78. The van der Waals surface area contributed by atoms with E-state index in [2.05, 4.69) is 10.0 Å². The van der Waals surface area contributed by atoms with Gasteiger partial charge in [-0.2, -0.15) is 4.72 Å². The smallest absolute Gasteiger partial charge is 0.241 e. The Morgan fingerprint density at radius 1 is 1.00 bits per heavy atom. The summed E-state index contributed by atoms with van der Waals surface area (Å²) in [7, 11) is -3.96. The third-order valence-corrected chi connectivity index (χ3v) is 6.46. The summed E-state index contributed by atoms with van der Waals surface area (Å²) in [5.74, 6) is -0.851. The Labute approximate surface area is 165 Å². The summed E-state index contributed by atoms with van der Waals surface area (Å²) in [4.78, 5) is 12.8. The van der Waals surface area contributed by atoms with Gasteiger partial charge in [0.2, 0.25) is 15.9 Å². The predicted octanol–water partition coefficient (Wildman–Crippen LogP) is 3.16. The van der Waals surface area contributed by atoms with Crippen molar-refractivity contribution >= 4 is 15.9 Å². The van der Waals surface area contributed by atoms with Crippen molar-refractivity contribution in [1.82, 2.24) is 10.0 Å². The lowest BCUT2D eigenvalue weighted by Crippen LogP contribution is -2.50. The molecule has 28 heavy (non-hydrogen) atoms. The second kappa shape index (κ2) is 9.30. The molecule has 1 amide bonds. The molecule has 1 saturated carbocycles. The molecular weight excluding hydrogens is 379 g/mol. The maximum absolute atomic E-state index is 13.1. The van der Waals surface area contributed by atoms with Crippen molar-refractivity contribution in [2.75, 3.05) is 0 Å². The van der Waals surface area contributed by atoms with Gasteiger partial charge in [-0.3, -0.25) is 4.79 Å². The van der Waals surface area contributed by atoms with Crippen molar-refractivity contribution < 1.29 is 17.6 Å². The van der Waals surface area contributed by atoms with Crippen LogP contribution in [0.25, 0.3) is 0 Å². The summed E-state index contributed by atoms with van der Waals surface area (Å²) in [6.07, 6.45) is 5.35. The molecule has 2 aromatic carbocycles. The molecule has 0 radical (unpaired) electrons. The molecule has 0 aromatic heterocycles. The Hall–Kier alpha value is -2.25. The molecular formula is C21H25FN2O3S. The van der Waals surface area contributed by atoms with Crippen molar-refractivity contribution in [3.05, 3.63) is 66.0 Å². The molecule has 1 unspecified atom stereocenters. The van der Waals surface area contributed by atoms with Crippen molar-refractivity contribution in [2.45, 2.75) is 55.5 Å². The van der Waals surface area contributed by atoms with Crippen LogP contribution >= 0.6 is 0 Å². The number of halogens is 1. The van der Waals surface area contributed by atoms with E-state index in [0.717, 1.165) is 49.8 Å². The Kier molecular flexibility index (Phi) is 6.80. The van der Waals surface area contributed by atoms with Crippen LogP contribution in [0.3, 0.4) is 0 Å². The number of benzene rings is 2. The predicted molar refractivity (Wildman–Crippen MR) is 106 cm³/mol. The van der Waals surface area contributed by atoms with E-state index in [1.54, 1.807) is 0 Å². The first kappa shape index (κ1) is 20.5. The van der Waals surface area contributed by atoms with Gasteiger partial charge in [-0.25, -0.2) is 12.8 Å². The van der Waals surface area contributed by atoms with E-state index in [0.29, 0.717) is 0 Å². The maximum atomic E-state index is 13.1. The Bertz CT molecular complexity index is 880. The largest absolute Gasteiger partial charge is 0.352 e. The van der Waals surface area contributed by atoms with Crippen LogP contribution in [0, 0.1) is 5.82 Å². The molecule has 150 valence electrons. The molecule has 2 N–H and O–H groups in total. The molecule has 1 aliphatic carbocycles. The number of nitrogens with one attached hydrogen (secondary N) is 2. The van der Waals surface area contributed by atoms with Gasteiger partial charge in [0.05, 0.1) is 4.90 Å². The van der Waals surface area contributed by atoms with Crippen LogP contribution in [0.15, 0.2) is 59.5 Å². The molecule has 2 aromatic rings. The first-order valence-electron chi connectivity index (χ1n) is 9.56. The van der Waals surface area contributed by atoms with Gasteiger partial charge in [0.15, 0.2) is 0 Å². The molecule has 0 saturated heterocycles. The minimum Gasteiger partial charge on any atom is -0.352 e. The van der Waals surface area contributed by atoms with Crippen LogP contribution in [0.5, 0.6) is 0 Å². The summed E-state index contributed by atoms with van der Waals surface area (Å²) < 4.78 is 41.1. The van der Waals surface area contributed by atoms with Crippen molar-refractivity contribution in [2.24, 2.45) is 0 Å². The molecule has 1 atom stereocenters. The molecule has 0 aliphatic heterocycles. The molecule has 0 spiro atoms. The molecule has 0 bridgehead atoms. The fourth-order valence-electron chi connectivity index (χ4n) is 3.46. The van der Waals surface area contributed by atoms with E-state index in [9.17, 15) is 17.6 Å². The fraction of sp³-hybridized carbons (Fsp3) is 0.381. The minimum atomic E-state index is -3.96. The van der Waals surface area contributed by atoms with Gasteiger partial charge in [0.25, 0.3) is 0 Å². The number of rotatable bonds is 7. The third-order valence-electron chi connectivity index (χ3n) is 4.97. The standard InChI is InChI=1S/C21H25FN2O3S/c22-17-11-13-19(14-12-17)28(26,27)24-20(15-16-7-3-1-4-8-16)21(25)23-18-9-5-2-6-10-18/h1,3-4,7-8,11-14,18,20,24H,2,5-6,9-10,15H2,(H,23,25). The minimum absolute atomic E-state index is 0.0718. The van der Waals surface area contributed by atoms with E-state index in [4.69, 9.17) is 0 Å². The zero-order chi connectivity index (χ0) is 20.0. The van der Waals surface area contributed by atoms with Gasteiger partial charge < -0.3 is 5.32 Å². The van der Waals surface area contributed by atoms with E-state index in [1.165, 1.54) is 12.1 Å². The zero-order valence-corrected chi connectivity index (χ0v) is 16.4. The van der Waals surface area contributed by atoms with E-state index in [1.807, 2.05) is 30.3 Å². The molecule has 1 aliphatic rings. The number of hydrogen-bond acceptors (Lipinski definition) is 3. The average molecular weight is 405 g/mol. The van der Waals surface area contributed by atoms with Crippen LogP contribution in [-0.2, 0) is 21.2 Å². The van der Waals surface area contributed by atoms with Crippen molar-refractivity contribution in [1.29, 1.82) is 0 Å². The summed E-state index contributed by atoms with van der Waals surface area (Å²) in [6.45, 7) is 0. The second-order valence-electron chi connectivity index (χ2n) is 7.16. The van der Waals surface area contributed by atoms with Gasteiger partial charge in [0, 0.05) is 6.04 Å². The molecule has 7 heteroatoms. The van der Waals surface area contributed by atoms with E-state index < -0.39 is 21.9 Å². The summed E-state index contributed by atoms with van der Waals surface area (Å²) in [6, 6.07) is 13.0. The van der Waals surface area contributed by atoms with Crippen molar-refractivity contribution in [3.63, 3.8) is 0 Å². The first-order valence-corrected chi connectivity index (χ1v) is 11.0. The number of carbonyl (C=O) groups is 1. The molecule has 5 nitrogen and oxygen atoms in total. The number of amides is 1. The van der Waals surface area contributed by atoms with E-state index in [-0.39, 0.29) is 23.3 Å². The second-order valence-corrected chi connectivity index (χ2v) is 8.88. The summed E-state index contributed by atoms with van der Waals surface area (Å²) in [5.41, 5.74) is 0.855. The van der Waals surface area contributed by atoms with Gasteiger partial charge in [-0.05, 0) is 49.1 Å². The van der Waals surface area contributed by atoms with Gasteiger partial charge in [-0.15, -0.1) is 0 Å². The fourth-order valence-corrected chi connectivity index (χ4v) is 4.65. The van der Waals surface area contributed by atoms with Crippen LogP contribution in [-0.4, -0.2) is 26.4 Å².